The number of carboxylic acid groups (broad SMARTS) is 1. The Morgan fingerprint density at radius 3 is 3.17 bits per heavy atom. The van der Waals surface area contributed by atoms with E-state index in [1.54, 1.807) is 0 Å². The van der Waals surface area contributed by atoms with E-state index in [2.05, 4.69) is 15.9 Å². The second-order valence-electron chi connectivity index (χ2n) is 2.92. The van der Waals surface area contributed by atoms with Gasteiger partial charge in [0, 0.05) is 22.9 Å². The summed E-state index contributed by atoms with van der Waals surface area (Å²) in [6.07, 6.45) is 2.63. The quantitative estimate of drug-likeness (QED) is 0.799. The summed E-state index contributed by atoms with van der Waals surface area (Å²) < 4.78 is 2.90. The Bertz CT molecular complexity index is 332. The lowest BCUT2D eigenvalue weighted by molar-refractivity contribution is -0.138. The zero-order valence-electron chi connectivity index (χ0n) is 6.33. The molecule has 1 aliphatic rings. The largest absolute Gasteiger partial charge is 0.481 e. The van der Waals surface area contributed by atoms with Gasteiger partial charge in [0.15, 0.2) is 0 Å². The maximum absolute atomic E-state index is 10.8. The second-order valence-corrected chi connectivity index (χ2v) is 3.78. The van der Waals surface area contributed by atoms with Crippen LogP contribution in [-0.4, -0.2) is 15.6 Å². The zero-order valence-corrected chi connectivity index (χ0v) is 7.91. The first-order chi connectivity index (χ1) is 5.70. The number of rotatable bonds is 1. The van der Waals surface area contributed by atoms with E-state index in [1.165, 1.54) is 0 Å². The molecule has 1 unspecified atom stereocenters. The highest BCUT2D eigenvalue weighted by atomic mass is 79.9. The first kappa shape index (κ1) is 7.86. The molecule has 2 rings (SSSR count). The summed E-state index contributed by atoms with van der Waals surface area (Å²) in [6, 6.07) is 1.89. The van der Waals surface area contributed by atoms with Gasteiger partial charge in [0.1, 0.15) is 0 Å². The molecule has 0 amide bonds. The molecule has 1 N–H and O–H groups in total. The molecule has 1 aromatic rings. The third kappa shape index (κ3) is 0.982. The summed E-state index contributed by atoms with van der Waals surface area (Å²) >= 11 is 3.34. The molecule has 1 aromatic heterocycles. The molecule has 0 fully saturated rings. The van der Waals surface area contributed by atoms with Crippen LogP contribution in [0.5, 0.6) is 0 Å². The van der Waals surface area contributed by atoms with E-state index in [-0.39, 0.29) is 5.92 Å². The molecule has 0 radical (unpaired) electrons. The van der Waals surface area contributed by atoms with E-state index in [1.807, 2.05) is 16.8 Å². The number of carbonyl (C=O) groups is 1. The highest BCUT2D eigenvalue weighted by Gasteiger charge is 2.30. The van der Waals surface area contributed by atoms with Crippen LogP contribution in [0.4, 0.5) is 0 Å². The number of hydrogen-bond acceptors (Lipinski definition) is 1. The average molecular weight is 230 g/mol. The first-order valence-electron chi connectivity index (χ1n) is 3.77. The van der Waals surface area contributed by atoms with Gasteiger partial charge >= 0.3 is 5.97 Å². The van der Waals surface area contributed by atoms with Crippen molar-refractivity contribution in [1.29, 1.82) is 0 Å². The van der Waals surface area contributed by atoms with Gasteiger partial charge in [-0.25, -0.2) is 0 Å². The van der Waals surface area contributed by atoms with Gasteiger partial charge in [-0.15, -0.1) is 0 Å². The van der Waals surface area contributed by atoms with Crippen LogP contribution in [0.25, 0.3) is 0 Å². The molecule has 1 atom stereocenters. The number of carboxylic acids is 1. The van der Waals surface area contributed by atoms with E-state index >= 15 is 0 Å². The van der Waals surface area contributed by atoms with E-state index in [0.29, 0.717) is 6.42 Å². The Morgan fingerprint density at radius 2 is 2.50 bits per heavy atom. The Balaban J connectivity index is 2.46. The van der Waals surface area contributed by atoms with Crippen molar-refractivity contribution in [3.05, 3.63) is 22.4 Å². The van der Waals surface area contributed by atoms with Crippen molar-refractivity contribution in [3.8, 4) is 0 Å². The van der Waals surface area contributed by atoms with Gasteiger partial charge in [0.25, 0.3) is 0 Å². The number of aromatic nitrogens is 1. The fourth-order valence-corrected chi connectivity index (χ4v) is 2.29. The fraction of sp³-hybridized carbons (Fsp3) is 0.375. The predicted molar refractivity (Wildman–Crippen MR) is 47.1 cm³/mol. The van der Waals surface area contributed by atoms with Crippen LogP contribution in [0.1, 0.15) is 18.0 Å². The monoisotopic (exact) mass is 229 g/mol. The molecule has 0 spiro atoms. The predicted octanol–water partition coefficient (Wildman–Crippen LogP) is 1.82. The maximum Gasteiger partial charge on any atom is 0.312 e. The van der Waals surface area contributed by atoms with E-state index in [9.17, 15) is 4.79 Å². The van der Waals surface area contributed by atoms with Crippen LogP contribution in [0, 0.1) is 0 Å². The van der Waals surface area contributed by atoms with Crippen molar-refractivity contribution in [2.45, 2.75) is 18.9 Å². The maximum atomic E-state index is 10.8. The molecule has 0 saturated heterocycles. The number of fused-ring (bicyclic) bond motifs is 1. The highest BCUT2D eigenvalue weighted by Crippen LogP contribution is 2.34. The molecular formula is C8H8BrNO2. The topological polar surface area (TPSA) is 42.2 Å². The van der Waals surface area contributed by atoms with Crippen molar-refractivity contribution in [2.24, 2.45) is 0 Å². The number of nitrogens with zero attached hydrogens (tertiary/aromatic N) is 1. The average Bonchev–Trinajstić information content (AvgIpc) is 2.53. The van der Waals surface area contributed by atoms with Gasteiger partial charge in [-0.2, -0.15) is 0 Å². The number of aryl methyl sites for hydroxylation is 1. The molecule has 1 aliphatic heterocycles. The minimum absolute atomic E-state index is 0.325. The lowest BCUT2D eigenvalue weighted by atomic mass is 10.1. The smallest absolute Gasteiger partial charge is 0.312 e. The van der Waals surface area contributed by atoms with Crippen molar-refractivity contribution in [1.82, 2.24) is 4.57 Å². The summed E-state index contributed by atoms with van der Waals surface area (Å²) in [5.74, 6) is -1.05. The second kappa shape index (κ2) is 2.62. The summed E-state index contributed by atoms with van der Waals surface area (Å²) in [6.45, 7) is 0.817. The third-order valence-corrected chi connectivity index (χ3v) is 2.91. The normalized spacial score (nSPS) is 20.9. The minimum Gasteiger partial charge on any atom is -0.481 e. The summed E-state index contributed by atoms with van der Waals surface area (Å²) in [7, 11) is 0. The third-order valence-electron chi connectivity index (χ3n) is 2.24. The molecule has 12 heavy (non-hydrogen) atoms. The van der Waals surface area contributed by atoms with Crippen LogP contribution in [0.2, 0.25) is 0 Å². The SMILES string of the molecule is O=C(O)C1CCn2ccc(Br)c21. The Hall–Kier alpha value is -0.770. The lowest BCUT2D eigenvalue weighted by Gasteiger charge is -2.02. The van der Waals surface area contributed by atoms with Gasteiger partial charge in [-0.1, -0.05) is 0 Å². The molecule has 3 nitrogen and oxygen atoms in total. The minimum atomic E-state index is -0.729. The van der Waals surface area contributed by atoms with Crippen molar-refractivity contribution >= 4 is 21.9 Å². The molecular weight excluding hydrogens is 222 g/mol. The Morgan fingerprint density at radius 1 is 1.75 bits per heavy atom. The molecule has 0 bridgehead atoms. The molecule has 64 valence electrons. The first-order valence-corrected chi connectivity index (χ1v) is 4.57. The lowest BCUT2D eigenvalue weighted by Crippen LogP contribution is -2.08. The standard InChI is InChI=1S/C8H8BrNO2/c9-6-2-4-10-3-1-5(7(6)10)8(11)12/h2,4-5H,1,3H2,(H,11,12). The number of hydrogen-bond donors (Lipinski definition) is 1. The van der Waals surface area contributed by atoms with Crippen LogP contribution in [0.3, 0.4) is 0 Å². The summed E-state index contributed by atoms with van der Waals surface area (Å²) in [5.41, 5.74) is 0.905. The van der Waals surface area contributed by atoms with Gasteiger partial charge < -0.3 is 9.67 Å². The van der Waals surface area contributed by atoms with Crippen LogP contribution >= 0.6 is 15.9 Å². The van der Waals surface area contributed by atoms with Crippen LogP contribution in [-0.2, 0) is 11.3 Å². The summed E-state index contributed by atoms with van der Waals surface area (Å²) in [4.78, 5) is 10.8. The van der Waals surface area contributed by atoms with Crippen LogP contribution < -0.4 is 0 Å². The van der Waals surface area contributed by atoms with Gasteiger partial charge in [0.2, 0.25) is 0 Å². The van der Waals surface area contributed by atoms with Gasteiger partial charge in [-0.3, -0.25) is 4.79 Å². The Labute approximate surface area is 78.1 Å². The molecule has 0 aliphatic carbocycles. The summed E-state index contributed by atoms with van der Waals surface area (Å²) in [5, 5.41) is 8.87. The van der Waals surface area contributed by atoms with Crippen LogP contribution in [0.15, 0.2) is 16.7 Å². The highest BCUT2D eigenvalue weighted by molar-refractivity contribution is 9.10. The zero-order chi connectivity index (χ0) is 8.72. The number of aliphatic carboxylic acids is 1. The van der Waals surface area contributed by atoms with E-state index < -0.39 is 5.97 Å². The van der Waals surface area contributed by atoms with E-state index in [4.69, 9.17) is 5.11 Å². The van der Waals surface area contributed by atoms with E-state index in [0.717, 1.165) is 16.7 Å². The molecule has 2 heterocycles. The van der Waals surface area contributed by atoms with Gasteiger partial charge in [0.05, 0.1) is 5.92 Å². The molecule has 4 heteroatoms. The van der Waals surface area contributed by atoms with Crippen molar-refractivity contribution < 1.29 is 9.90 Å². The molecule has 0 saturated carbocycles. The Kier molecular flexibility index (Phi) is 1.72. The van der Waals surface area contributed by atoms with Gasteiger partial charge in [-0.05, 0) is 28.4 Å². The fourth-order valence-electron chi connectivity index (χ4n) is 1.67. The van der Waals surface area contributed by atoms with Crippen molar-refractivity contribution in [2.75, 3.05) is 0 Å². The number of halogens is 1. The van der Waals surface area contributed by atoms with Crippen molar-refractivity contribution in [3.63, 3.8) is 0 Å². The molecule has 0 aromatic carbocycles.